The molecule has 0 aliphatic rings. The fourth-order valence-corrected chi connectivity index (χ4v) is 5.88. The van der Waals surface area contributed by atoms with Crippen LogP contribution in [0, 0.1) is 12.1 Å². The van der Waals surface area contributed by atoms with Gasteiger partial charge >= 0.3 is 21.1 Å². The molecule has 224 valence electrons. The van der Waals surface area contributed by atoms with Gasteiger partial charge in [-0.2, -0.15) is 0 Å². The molecule has 0 amide bonds. The third-order valence-corrected chi connectivity index (χ3v) is 8.21. The van der Waals surface area contributed by atoms with Gasteiger partial charge in [0.25, 0.3) is 0 Å². The molecule has 0 aliphatic carbocycles. The van der Waals surface area contributed by atoms with Crippen LogP contribution in [-0.2, 0) is 35.2 Å². The second kappa shape index (κ2) is 12.3. The van der Waals surface area contributed by atoms with Crippen molar-refractivity contribution >= 4 is 22.1 Å². The molecular formula is C40H28N4OPt. The molecular weight excluding hydrogens is 748 g/mol. The van der Waals surface area contributed by atoms with Crippen molar-refractivity contribution in [3.63, 3.8) is 0 Å². The minimum absolute atomic E-state index is 0. The van der Waals surface area contributed by atoms with E-state index >= 15 is 0 Å². The standard InChI is InChI=1S/C40H28N4O.Pt/c1-43-37-25-29(27-11-5-3-6-12-27)19-21-35(37)41-39(43)31-15-9-17-33(23-31)45-34-18-10-16-32(24-34)40-42-36-22-20-30(26-38(36)44(40)2)28-13-7-4-8-14-28;/h3-22,25-26H,1-2H3;/q-2;+2. The van der Waals surface area contributed by atoms with E-state index in [9.17, 15) is 0 Å². The van der Waals surface area contributed by atoms with Crippen molar-refractivity contribution in [3.8, 4) is 56.5 Å². The van der Waals surface area contributed by atoms with E-state index in [4.69, 9.17) is 14.7 Å². The number of imidazole rings is 2. The van der Waals surface area contributed by atoms with Crippen molar-refractivity contribution < 1.29 is 25.8 Å². The van der Waals surface area contributed by atoms with Crippen LogP contribution in [0.1, 0.15) is 0 Å². The van der Waals surface area contributed by atoms with Crippen LogP contribution in [-0.4, -0.2) is 19.1 Å². The van der Waals surface area contributed by atoms with Crippen LogP contribution >= 0.6 is 0 Å². The fraction of sp³-hybridized carbons (Fsp3) is 0.0500. The van der Waals surface area contributed by atoms with Crippen LogP contribution in [0.15, 0.2) is 133 Å². The molecule has 5 nitrogen and oxygen atoms in total. The predicted molar refractivity (Wildman–Crippen MR) is 181 cm³/mol. The molecule has 2 heterocycles. The molecule has 8 rings (SSSR count). The summed E-state index contributed by atoms with van der Waals surface area (Å²) in [5, 5.41) is 0. The largest absolute Gasteiger partial charge is 2.00 e. The van der Waals surface area contributed by atoms with Crippen molar-refractivity contribution in [1.29, 1.82) is 0 Å². The molecule has 0 saturated carbocycles. The Kier molecular flexibility index (Phi) is 7.86. The Bertz CT molecular complexity index is 2160. The molecule has 0 unspecified atom stereocenters. The van der Waals surface area contributed by atoms with Crippen LogP contribution in [0.4, 0.5) is 0 Å². The molecule has 0 atom stereocenters. The number of hydrogen-bond donors (Lipinski definition) is 0. The minimum atomic E-state index is 0. The Morgan fingerprint density at radius 1 is 0.478 bits per heavy atom. The van der Waals surface area contributed by atoms with Gasteiger partial charge in [-0.3, -0.25) is 9.97 Å². The van der Waals surface area contributed by atoms with Gasteiger partial charge in [0.15, 0.2) is 0 Å². The maximum absolute atomic E-state index is 6.30. The van der Waals surface area contributed by atoms with Crippen LogP contribution in [0.2, 0.25) is 0 Å². The molecule has 0 radical (unpaired) electrons. The Morgan fingerprint density at radius 2 is 0.913 bits per heavy atom. The van der Waals surface area contributed by atoms with Gasteiger partial charge in [-0.15, -0.1) is 47.5 Å². The summed E-state index contributed by atoms with van der Waals surface area (Å²) in [7, 11) is 4.08. The summed E-state index contributed by atoms with van der Waals surface area (Å²) in [4.78, 5) is 9.86. The third kappa shape index (κ3) is 5.44. The Labute approximate surface area is 282 Å². The minimum Gasteiger partial charge on any atom is -0.497 e. The van der Waals surface area contributed by atoms with Gasteiger partial charge < -0.3 is 13.9 Å². The van der Waals surface area contributed by atoms with Crippen LogP contribution in [0.25, 0.3) is 67.1 Å². The van der Waals surface area contributed by atoms with Gasteiger partial charge in [0, 0.05) is 25.6 Å². The summed E-state index contributed by atoms with van der Waals surface area (Å²) < 4.78 is 10.5. The number of benzene rings is 6. The van der Waals surface area contributed by atoms with Crippen molar-refractivity contribution in [1.82, 2.24) is 19.1 Å². The van der Waals surface area contributed by atoms with E-state index in [0.29, 0.717) is 11.5 Å². The van der Waals surface area contributed by atoms with Gasteiger partial charge in [0.05, 0.1) is 33.7 Å². The van der Waals surface area contributed by atoms with Crippen LogP contribution in [0.5, 0.6) is 11.5 Å². The van der Waals surface area contributed by atoms with E-state index < -0.39 is 0 Å². The normalized spacial score (nSPS) is 11.1. The number of aryl methyl sites for hydroxylation is 2. The predicted octanol–water partition coefficient (Wildman–Crippen LogP) is 9.52. The smallest absolute Gasteiger partial charge is 0.497 e. The Balaban J connectivity index is 0.00000338. The first-order chi connectivity index (χ1) is 22.1. The topological polar surface area (TPSA) is 44.9 Å². The molecule has 46 heavy (non-hydrogen) atoms. The van der Waals surface area contributed by atoms with Gasteiger partial charge in [-0.05, 0) is 46.5 Å². The number of ether oxygens (including phenoxy) is 1. The molecule has 0 spiro atoms. The Hall–Kier alpha value is -5.25. The molecule has 0 fully saturated rings. The number of fused-ring (bicyclic) bond motifs is 2. The number of aromatic nitrogens is 4. The van der Waals surface area contributed by atoms with Gasteiger partial charge in [0.1, 0.15) is 0 Å². The molecule has 0 saturated heterocycles. The van der Waals surface area contributed by atoms with E-state index in [0.717, 1.165) is 56.0 Å². The first-order valence-corrected chi connectivity index (χ1v) is 14.9. The van der Waals surface area contributed by atoms with Crippen LogP contribution in [0.3, 0.4) is 0 Å². The van der Waals surface area contributed by atoms with E-state index in [1.807, 2.05) is 62.6 Å². The summed E-state index contributed by atoms with van der Waals surface area (Å²) in [6, 6.07) is 52.2. The average molecular weight is 776 g/mol. The summed E-state index contributed by atoms with van der Waals surface area (Å²) in [6.45, 7) is 0. The van der Waals surface area contributed by atoms with Crippen molar-refractivity contribution in [2.24, 2.45) is 14.1 Å². The second-order valence-corrected chi connectivity index (χ2v) is 11.1. The first-order valence-electron chi connectivity index (χ1n) is 14.9. The SMILES string of the molecule is Cn1c(-c2[c-]c(Oc3[c-]c(-c4nc5ccc(-c6ccccc6)cc5n4C)ccc3)ccc2)nc2ccc(-c3ccccc3)cc21.[Pt+2]. The fourth-order valence-electron chi connectivity index (χ4n) is 5.88. The maximum Gasteiger partial charge on any atom is 2.00 e. The van der Waals surface area contributed by atoms with Crippen molar-refractivity contribution in [2.75, 3.05) is 0 Å². The van der Waals surface area contributed by atoms with Gasteiger partial charge in [0.2, 0.25) is 0 Å². The van der Waals surface area contributed by atoms with Gasteiger partial charge in [-0.25, -0.2) is 0 Å². The number of rotatable bonds is 6. The van der Waals surface area contributed by atoms with Crippen LogP contribution < -0.4 is 4.74 Å². The zero-order valence-corrected chi connectivity index (χ0v) is 27.5. The zero-order chi connectivity index (χ0) is 30.3. The zero-order valence-electron chi connectivity index (χ0n) is 25.2. The number of hydrogen-bond acceptors (Lipinski definition) is 3. The summed E-state index contributed by atoms with van der Waals surface area (Å²) in [6.07, 6.45) is 0. The third-order valence-electron chi connectivity index (χ3n) is 8.21. The van der Waals surface area contributed by atoms with Crippen molar-refractivity contribution in [2.45, 2.75) is 0 Å². The Morgan fingerprint density at radius 3 is 1.35 bits per heavy atom. The molecule has 6 heteroatoms. The molecule has 0 bridgehead atoms. The molecule has 2 aromatic heterocycles. The first kappa shape index (κ1) is 29.5. The molecule has 0 aliphatic heterocycles. The van der Waals surface area contributed by atoms with Gasteiger partial charge in [-0.1, -0.05) is 84.9 Å². The van der Waals surface area contributed by atoms with E-state index in [-0.39, 0.29) is 21.1 Å². The van der Waals surface area contributed by atoms with E-state index in [2.05, 4.69) is 106 Å². The summed E-state index contributed by atoms with van der Waals surface area (Å²) in [5.74, 6) is 2.84. The molecule has 6 aromatic carbocycles. The molecule has 8 aromatic rings. The van der Waals surface area contributed by atoms with E-state index in [1.165, 1.54) is 11.1 Å². The summed E-state index contributed by atoms with van der Waals surface area (Å²) in [5.41, 5.74) is 10.4. The number of nitrogens with zero attached hydrogens (tertiary/aromatic N) is 4. The van der Waals surface area contributed by atoms with E-state index in [1.54, 1.807) is 0 Å². The second-order valence-electron chi connectivity index (χ2n) is 11.1. The quantitative estimate of drug-likeness (QED) is 0.158. The van der Waals surface area contributed by atoms with Crippen molar-refractivity contribution in [3.05, 3.63) is 146 Å². The average Bonchev–Trinajstić information content (AvgIpc) is 3.61. The molecule has 0 N–H and O–H groups in total. The summed E-state index contributed by atoms with van der Waals surface area (Å²) >= 11 is 0. The maximum atomic E-state index is 6.30. The monoisotopic (exact) mass is 775 g/mol.